The fourth-order valence-electron chi connectivity index (χ4n) is 3.31. The third-order valence-electron chi connectivity index (χ3n) is 5.00. The Morgan fingerprint density at radius 2 is 1.90 bits per heavy atom. The summed E-state index contributed by atoms with van der Waals surface area (Å²) in [6.07, 6.45) is 0.742. The summed E-state index contributed by atoms with van der Waals surface area (Å²) in [4.78, 5) is 16.7. The Balaban J connectivity index is 1.30. The fraction of sp³-hybridized carbons (Fsp3) is 0.333. The number of para-hydroxylation sites is 2. The lowest BCUT2D eigenvalue weighted by Crippen LogP contribution is -2.31. The number of sulfonamides is 1. The first-order valence-electron chi connectivity index (χ1n) is 10.0. The van der Waals surface area contributed by atoms with Gasteiger partial charge in [0.1, 0.15) is 5.82 Å². The van der Waals surface area contributed by atoms with Crippen LogP contribution in [-0.2, 0) is 28.4 Å². The second-order valence-electron chi connectivity index (χ2n) is 7.16. The van der Waals surface area contributed by atoms with Crippen molar-refractivity contribution in [2.75, 3.05) is 19.8 Å². The minimum atomic E-state index is -3.77. The molecule has 0 atom stereocenters. The van der Waals surface area contributed by atoms with Crippen molar-refractivity contribution in [3.8, 4) is 11.5 Å². The lowest BCUT2D eigenvalue weighted by atomic mass is 10.3. The van der Waals surface area contributed by atoms with Gasteiger partial charge in [-0.3, -0.25) is 4.79 Å². The van der Waals surface area contributed by atoms with E-state index in [1.807, 2.05) is 35.9 Å². The van der Waals surface area contributed by atoms with Gasteiger partial charge in [-0.05, 0) is 24.3 Å². The number of imidazole rings is 1. The minimum Gasteiger partial charge on any atom is -0.490 e. The smallest absolute Gasteiger partial charge is 0.240 e. The maximum Gasteiger partial charge on any atom is 0.240 e. The van der Waals surface area contributed by atoms with Gasteiger partial charge in [0.05, 0.1) is 35.7 Å². The summed E-state index contributed by atoms with van der Waals surface area (Å²) in [5.74, 6) is 1.38. The van der Waals surface area contributed by atoms with Crippen LogP contribution >= 0.6 is 0 Å². The van der Waals surface area contributed by atoms with Crippen molar-refractivity contribution in [2.45, 2.75) is 24.3 Å². The monoisotopic (exact) mass is 444 g/mol. The van der Waals surface area contributed by atoms with Crippen molar-refractivity contribution in [3.05, 3.63) is 48.3 Å². The molecule has 2 heterocycles. The van der Waals surface area contributed by atoms with Gasteiger partial charge >= 0.3 is 0 Å². The average molecular weight is 445 g/mol. The summed E-state index contributed by atoms with van der Waals surface area (Å²) in [6, 6.07) is 12.2. The number of fused-ring (bicyclic) bond motifs is 2. The largest absolute Gasteiger partial charge is 0.490 e. The predicted octanol–water partition coefficient (Wildman–Crippen LogP) is 1.72. The van der Waals surface area contributed by atoms with E-state index in [0.29, 0.717) is 24.7 Å². The Morgan fingerprint density at radius 3 is 2.71 bits per heavy atom. The summed E-state index contributed by atoms with van der Waals surface area (Å²) in [5.41, 5.74) is 1.84. The number of nitrogens with one attached hydrogen (secondary N) is 2. The Labute approximate surface area is 180 Å². The van der Waals surface area contributed by atoms with E-state index in [2.05, 4.69) is 15.0 Å². The Hall–Kier alpha value is -3.11. The van der Waals surface area contributed by atoms with Crippen LogP contribution in [-0.4, -0.2) is 43.6 Å². The number of carbonyl (C=O) groups is 1. The molecule has 31 heavy (non-hydrogen) atoms. The number of aromatic nitrogens is 2. The van der Waals surface area contributed by atoms with Gasteiger partial charge in [-0.25, -0.2) is 18.1 Å². The van der Waals surface area contributed by atoms with Crippen molar-refractivity contribution >= 4 is 27.0 Å². The van der Waals surface area contributed by atoms with Crippen LogP contribution in [0.25, 0.3) is 11.0 Å². The van der Waals surface area contributed by atoms with E-state index >= 15 is 0 Å². The van der Waals surface area contributed by atoms with E-state index in [0.717, 1.165) is 23.3 Å². The van der Waals surface area contributed by atoms with Gasteiger partial charge in [-0.2, -0.15) is 0 Å². The molecule has 0 saturated carbocycles. The molecule has 0 bridgehead atoms. The first kappa shape index (κ1) is 21.1. The maximum atomic E-state index is 12.6. The van der Waals surface area contributed by atoms with Crippen LogP contribution in [0.5, 0.6) is 11.5 Å². The molecule has 1 aliphatic heterocycles. The molecule has 2 N–H and O–H groups in total. The van der Waals surface area contributed by atoms with Gasteiger partial charge in [-0.1, -0.05) is 12.1 Å². The quantitative estimate of drug-likeness (QED) is 0.574. The SMILES string of the molecule is Cn1c(CNC(=O)CCNS(=O)(=O)c2ccc3c(c2)OCCCO3)nc2ccccc21. The van der Waals surface area contributed by atoms with Crippen LogP contribution < -0.4 is 19.5 Å². The van der Waals surface area contributed by atoms with Crippen molar-refractivity contribution in [1.29, 1.82) is 0 Å². The first-order chi connectivity index (χ1) is 14.9. The zero-order chi connectivity index (χ0) is 21.8. The molecule has 0 fully saturated rings. The van der Waals surface area contributed by atoms with Crippen LogP contribution in [0.1, 0.15) is 18.7 Å². The number of carbonyl (C=O) groups excluding carboxylic acids is 1. The fourth-order valence-corrected chi connectivity index (χ4v) is 4.36. The van der Waals surface area contributed by atoms with Crippen molar-refractivity contribution < 1.29 is 22.7 Å². The third kappa shape index (κ3) is 4.80. The standard InChI is InChI=1S/C21H24N4O5S/c1-25-17-6-3-2-5-16(17)24-20(25)14-22-21(26)9-10-23-31(27,28)15-7-8-18-19(13-15)30-12-4-11-29-18/h2-3,5-8,13,23H,4,9-12,14H2,1H3,(H,22,26). The van der Waals surface area contributed by atoms with E-state index in [1.165, 1.54) is 12.1 Å². The highest BCUT2D eigenvalue weighted by Gasteiger charge is 2.19. The molecule has 0 radical (unpaired) electrons. The summed E-state index contributed by atoms with van der Waals surface area (Å²) in [6.45, 7) is 1.24. The molecule has 1 amide bonds. The van der Waals surface area contributed by atoms with Crippen LogP contribution in [0.2, 0.25) is 0 Å². The molecular formula is C21H24N4O5S. The highest BCUT2D eigenvalue weighted by atomic mass is 32.2. The lowest BCUT2D eigenvalue weighted by Gasteiger charge is -2.11. The molecule has 9 nitrogen and oxygen atoms in total. The molecule has 1 aliphatic rings. The zero-order valence-corrected chi connectivity index (χ0v) is 17.9. The number of benzene rings is 2. The lowest BCUT2D eigenvalue weighted by molar-refractivity contribution is -0.121. The number of hydrogen-bond donors (Lipinski definition) is 2. The Bertz CT molecular complexity index is 1210. The molecule has 4 rings (SSSR count). The highest BCUT2D eigenvalue weighted by Crippen LogP contribution is 2.31. The van der Waals surface area contributed by atoms with Crippen LogP contribution in [0.4, 0.5) is 0 Å². The molecule has 2 aromatic carbocycles. The van der Waals surface area contributed by atoms with Crippen LogP contribution in [0.3, 0.4) is 0 Å². The molecule has 0 saturated heterocycles. The molecule has 164 valence electrons. The van der Waals surface area contributed by atoms with Gasteiger partial charge in [0.2, 0.25) is 15.9 Å². The number of ether oxygens (including phenoxy) is 2. The van der Waals surface area contributed by atoms with Crippen molar-refractivity contribution in [3.63, 3.8) is 0 Å². The first-order valence-corrected chi connectivity index (χ1v) is 11.5. The third-order valence-corrected chi connectivity index (χ3v) is 6.46. The molecule has 0 spiro atoms. The normalized spacial score (nSPS) is 13.7. The number of amides is 1. The molecule has 10 heteroatoms. The van der Waals surface area contributed by atoms with Gasteiger partial charge < -0.3 is 19.4 Å². The second-order valence-corrected chi connectivity index (χ2v) is 8.93. The van der Waals surface area contributed by atoms with Crippen molar-refractivity contribution in [1.82, 2.24) is 19.6 Å². The molecule has 0 unspecified atom stereocenters. The number of nitrogens with zero attached hydrogens (tertiary/aromatic N) is 2. The summed E-state index contributed by atoms with van der Waals surface area (Å²) in [7, 11) is -1.89. The van der Waals surface area contributed by atoms with E-state index in [1.54, 1.807) is 6.07 Å². The Morgan fingerprint density at radius 1 is 1.13 bits per heavy atom. The van der Waals surface area contributed by atoms with Crippen molar-refractivity contribution in [2.24, 2.45) is 7.05 Å². The second kappa shape index (κ2) is 8.94. The van der Waals surface area contributed by atoms with E-state index < -0.39 is 10.0 Å². The average Bonchev–Trinajstić information content (AvgIpc) is 2.92. The Kier molecular flexibility index (Phi) is 6.10. The highest BCUT2D eigenvalue weighted by molar-refractivity contribution is 7.89. The van der Waals surface area contributed by atoms with Gasteiger partial charge in [0.15, 0.2) is 11.5 Å². The van der Waals surface area contributed by atoms with Crippen LogP contribution in [0.15, 0.2) is 47.4 Å². The topological polar surface area (TPSA) is 112 Å². The van der Waals surface area contributed by atoms with E-state index in [9.17, 15) is 13.2 Å². The molecule has 3 aromatic rings. The number of aryl methyl sites for hydroxylation is 1. The number of rotatable bonds is 7. The molecular weight excluding hydrogens is 420 g/mol. The van der Waals surface area contributed by atoms with Gasteiger partial charge in [0, 0.05) is 32.5 Å². The maximum absolute atomic E-state index is 12.6. The molecule has 0 aliphatic carbocycles. The van der Waals surface area contributed by atoms with Gasteiger partial charge in [0.25, 0.3) is 0 Å². The minimum absolute atomic E-state index is 0.00766. The zero-order valence-electron chi connectivity index (χ0n) is 17.1. The predicted molar refractivity (Wildman–Crippen MR) is 114 cm³/mol. The summed E-state index contributed by atoms with van der Waals surface area (Å²) in [5, 5.41) is 2.78. The number of hydrogen-bond acceptors (Lipinski definition) is 6. The van der Waals surface area contributed by atoms with E-state index in [-0.39, 0.29) is 30.3 Å². The summed E-state index contributed by atoms with van der Waals surface area (Å²) < 4.78 is 40.5. The van der Waals surface area contributed by atoms with Gasteiger partial charge in [-0.15, -0.1) is 0 Å². The van der Waals surface area contributed by atoms with Crippen LogP contribution in [0, 0.1) is 0 Å². The molecule has 1 aromatic heterocycles. The summed E-state index contributed by atoms with van der Waals surface area (Å²) >= 11 is 0. The van der Waals surface area contributed by atoms with E-state index in [4.69, 9.17) is 9.47 Å².